The number of nitrogens with one attached hydrogen (secondary N) is 7. The van der Waals surface area contributed by atoms with Crippen molar-refractivity contribution in [1.29, 1.82) is 0 Å². The second kappa shape index (κ2) is 27.7. The van der Waals surface area contributed by atoms with Crippen molar-refractivity contribution in [2.24, 2.45) is 17.6 Å². The molecule has 1 aromatic carbocycles. The highest BCUT2D eigenvalue weighted by molar-refractivity contribution is 7.98. The number of carboxylic acids is 2. The SMILES string of the molecule is CC[C@H](C)[C@H](NC(=O)[C@H](CCC(=O)O)NC(=O)CN)C(=O)N[C@@H](CC(C)C)C(=O)N[C@@H](Cc1ccccc1)C(=O)NCC(=O)N[C@@H](CCSC)C(=O)N[C@@H](CS)C(=O)O. The molecule has 0 spiro atoms. The Bertz CT molecular complexity index is 1590. The van der Waals surface area contributed by atoms with E-state index in [1.165, 1.54) is 11.8 Å². The summed E-state index contributed by atoms with van der Waals surface area (Å²) in [4.78, 5) is 115. The molecule has 0 aliphatic heterocycles. The Labute approximate surface area is 354 Å². The number of rotatable bonds is 28. The first-order valence-corrected chi connectivity index (χ1v) is 21.3. The molecule has 0 unspecified atom stereocenters. The van der Waals surface area contributed by atoms with Crippen molar-refractivity contribution in [3.63, 3.8) is 0 Å². The number of carbonyl (C=O) groups is 9. The molecule has 0 radical (unpaired) electrons. The van der Waals surface area contributed by atoms with Gasteiger partial charge in [-0.1, -0.05) is 64.4 Å². The summed E-state index contributed by atoms with van der Waals surface area (Å²) in [7, 11) is 0. The molecule has 0 saturated heterocycles. The first kappa shape index (κ1) is 52.1. The fourth-order valence-electron chi connectivity index (χ4n) is 5.54. The molecule has 7 atom stereocenters. The lowest BCUT2D eigenvalue weighted by atomic mass is 9.96. The highest BCUT2D eigenvalue weighted by Crippen LogP contribution is 2.13. The first-order valence-electron chi connectivity index (χ1n) is 19.2. The summed E-state index contributed by atoms with van der Waals surface area (Å²) in [5.74, 6) is -8.10. The van der Waals surface area contributed by atoms with Gasteiger partial charge >= 0.3 is 11.9 Å². The quantitative estimate of drug-likeness (QED) is 0.0448. The van der Waals surface area contributed by atoms with E-state index in [1.54, 1.807) is 50.4 Å². The van der Waals surface area contributed by atoms with Gasteiger partial charge in [-0.05, 0) is 48.7 Å². The van der Waals surface area contributed by atoms with Crippen LogP contribution in [0.3, 0.4) is 0 Å². The maximum atomic E-state index is 14.0. The molecule has 19 nitrogen and oxygen atoms in total. The molecule has 0 aliphatic carbocycles. The van der Waals surface area contributed by atoms with Crippen LogP contribution in [-0.2, 0) is 49.6 Å². The Hall–Kier alpha value is -4.89. The summed E-state index contributed by atoms with van der Waals surface area (Å²) in [6.45, 7) is 6.04. The second-order valence-electron chi connectivity index (χ2n) is 14.3. The van der Waals surface area contributed by atoms with Gasteiger partial charge in [0, 0.05) is 18.6 Å². The number of carboxylic acid groups (broad SMARTS) is 2. The highest BCUT2D eigenvalue weighted by Gasteiger charge is 2.34. The molecule has 21 heteroatoms. The molecule has 7 amide bonds. The molecule has 1 rings (SSSR count). The molecular formula is C38H60N8O11S2. The van der Waals surface area contributed by atoms with Crippen LogP contribution in [-0.4, -0.2) is 131 Å². The van der Waals surface area contributed by atoms with Gasteiger partial charge in [0.15, 0.2) is 0 Å². The topological polar surface area (TPSA) is 304 Å². The molecule has 0 aromatic heterocycles. The average Bonchev–Trinajstić information content (AvgIpc) is 3.19. The number of carbonyl (C=O) groups excluding carboxylic acids is 7. The third-order valence-corrected chi connectivity index (χ3v) is 10.0. The van der Waals surface area contributed by atoms with Gasteiger partial charge in [-0.25, -0.2) is 4.79 Å². The predicted octanol–water partition coefficient (Wildman–Crippen LogP) is -1.06. The Balaban J connectivity index is 3.28. The number of thiol groups is 1. The van der Waals surface area contributed by atoms with E-state index in [-0.39, 0.29) is 37.4 Å². The summed E-state index contributed by atoms with van der Waals surface area (Å²) >= 11 is 5.35. The van der Waals surface area contributed by atoms with E-state index in [2.05, 4.69) is 49.8 Å². The monoisotopic (exact) mass is 868 g/mol. The lowest BCUT2D eigenvalue weighted by molar-refractivity contribution is -0.141. The summed E-state index contributed by atoms with van der Waals surface area (Å²) in [5, 5.41) is 36.2. The number of benzene rings is 1. The number of amides is 7. The van der Waals surface area contributed by atoms with E-state index >= 15 is 0 Å². The van der Waals surface area contributed by atoms with Gasteiger partial charge in [0.2, 0.25) is 41.4 Å². The molecule has 0 heterocycles. The highest BCUT2D eigenvalue weighted by atomic mass is 32.2. The van der Waals surface area contributed by atoms with Gasteiger partial charge in [0.05, 0.1) is 13.1 Å². The molecule has 0 aliphatic rings. The van der Waals surface area contributed by atoms with Crippen molar-refractivity contribution in [2.45, 2.75) is 102 Å². The minimum absolute atomic E-state index is 0.0146. The average molecular weight is 869 g/mol. The van der Waals surface area contributed by atoms with E-state index in [4.69, 9.17) is 10.8 Å². The maximum absolute atomic E-state index is 14.0. The van der Waals surface area contributed by atoms with E-state index in [1.807, 2.05) is 13.8 Å². The van der Waals surface area contributed by atoms with Crippen LogP contribution in [0.2, 0.25) is 0 Å². The predicted molar refractivity (Wildman–Crippen MR) is 224 cm³/mol. The second-order valence-corrected chi connectivity index (χ2v) is 15.6. The van der Waals surface area contributed by atoms with Gasteiger partial charge in [-0.2, -0.15) is 24.4 Å². The van der Waals surface area contributed by atoms with Crippen LogP contribution < -0.4 is 43.0 Å². The number of hydrogen-bond acceptors (Lipinski definition) is 12. The van der Waals surface area contributed by atoms with Crippen LogP contribution in [0.15, 0.2) is 30.3 Å². The molecular weight excluding hydrogens is 809 g/mol. The molecule has 59 heavy (non-hydrogen) atoms. The van der Waals surface area contributed by atoms with Crippen molar-refractivity contribution < 1.29 is 53.4 Å². The lowest BCUT2D eigenvalue weighted by Gasteiger charge is -2.29. The van der Waals surface area contributed by atoms with Gasteiger partial charge < -0.3 is 53.2 Å². The fourth-order valence-corrected chi connectivity index (χ4v) is 6.26. The standard InChI is InChI=1S/C38H60N8O11S2/c1-6-22(4)32(46-35(53)24(12-13-31(49)50)41-29(47)18-39)37(55)44-26(16-21(2)3)36(54)43-27(17-23-10-8-7-9-11-23)33(51)40-19-30(48)42-25(14-15-59-5)34(52)45-28(20-58)38(56)57/h7-11,21-22,24-28,32,58H,6,12-20,39H2,1-5H3,(H,40,51)(H,41,47)(H,42,48)(H,43,54)(H,44,55)(H,45,52)(H,46,53)(H,49,50)(H,56,57)/t22-,24-,25-,26-,27-,28-,32-/m0/s1. The molecule has 0 fully saturated rings. The van der Waals surface area contributed by atoms with Gasteiger partial charge in [0.1, 0.15) is 36.3 Å². The van der Waals surface area contributed by atoms with Crippen molar-refractivity contribution in [2.75, 3.05) is 30.9 Å². The largest absolute Gasteiger partial charge is 0.481 e. The van der Waals surface area contributed by atoms with Gasteiger partial charge in [0.25, 0.3) is 0 Å². The first-order chi connectivity index (χ1) is 27.9. The summed E-state index contributed by atoms with van der Waals surface area (Å²) in [6, 6.07) is 1.32. The lowest BCUT2D eigenvalue weighted by Crippen LogP contribution is -2.60. The van der Waals surface area contributed by atoms with Crippen LogP contribution in [0.1, 0.15) is 65.4 Å². The van der Waals surface area contributed by atoms with E-state index in [0.29, 0.717) is 17.7 Å². The fraction of sp³-hybridized carbons (Fsp3) is 0.605. The molecule has 11 N–H and O–H groups in total. The third kappa shape index (κ3) is 20.1. The normalized spacial score (nSPS) is 14.5. The molecule has 0 saturated carbocycles. The van der Waals surface area contributed by atoms with Crippen molar-refractivity contribution in [3.8, 4) is 0 Å². The Kier molecular flexibility index (Phi) is 24.5. The van der Waals surface area contributed by atoms with Crippen LogP contribution in [0.4, 0.5) is 0 Å². The molecule has 330 valence electrons. The van der Waals surface area contributed by atoms with E-state index in [0.717, 1.165) is 0 Å². The van der Waals surface area contributed by atoms with E-state index in [9.17, 15) is 48.3 Å². The van der Waals surface area contributed by atoms with Gasteiger partial charge in [-0.3, -0.25) is 38.4 Å². The number of nitrogens with two attached hydrogens (primary N) is 1. The van der Waals surface area contributed by atoms with Crippen LogP contribution in [0, 0.1) is 11.8 Å². The number of thioether (sulfide) groups is 1. The van der Waals surface area contributed by atoms with Crippen molar-refractivity contribution >= 4 is 77.7 Å². The Morgan fingerprint density at radius 3 is 1.81 bits per heavy atom. The van der Waals surface area contributed by atoms with Gasteiger partial charge in [-0.15, -0.1) is 0 Å². The smallest absolute Gasteiger partial charge is 0.327 e. The summed E-state index contributed by atoms with van der Waals surface area (Å²) < 4.78 is 0. The zero-order valence-electron chi connectivity index (χ0n) is 34.1. The van der Waals surface area contributed by atoms with Crippen molar-refractivity contribution in [3.05, 3.63) is 35.9 Å². The minimum atomic E-state index is -1.31. The van der Waals surface area contributed by atoms with Crippen LogP contribution in [0.25, 0.3) is 0 Å². The summed E-state index contributed by atoms with van der Waals surface area (Å²) in [5.41, 5.74) is 6.03. The Morgan fingerprint density at radius 1 is 0.712 bits per heavy atom. The number of aliphatic carboxylic acids is 2. The third-order valence-electron chi connectivity index (χ3n) is 9.02. The minimum Gasteiger partial charge on any atom is -0.481 e. The maximum Gasteiger partial charge on any atom is 0.327 e. The molecule has 1 aromatic rings. The zero-order valence-corrected chi connectivity index (χ0v) is 35.8. The van der Waals surface area contributed by atoms with Crippen molar-refractivity contribution in [1.82, 2.24) is 37.2 Å². The Morgan fingerprint density at radius 2 is 1.27 bits per heavy atom. The van der Waals surface area contributed by atoms with E-state index < -0.39 is 115 Å². The molecule has 0 bridgehead atoms. The van der Waals surface area contributed by atoms with Crippen LogP contribution in [0.5, 0.6) is 0 Å². The zero-order chi connectivity index (χ0) is 44.7. The number of hydrogen-bond donors (Lipinski definition) is 11. The summed E-state index contributed by atoms with van der Waals surface area (Å²) in [6.07, 6.45) is 1.74. The van der Waals surface area contributed by atoms with Crippen LogP contribution >= 0.6 is 24.4 Å².